The van der Waals surface area contributed by atoms with Gasteiger partial charge in [-0.05, 0) is 25.5 Å². The van der Waals surface area contributed by atoms with Crippen LogP contribution in [0.5, 0.6) is 0 Å². The Morgan fingerprint density at radius 2 is 2.21 bits per heavy atom. The zero-order valence-electron chi connectivity index (χ0n) is 16.2. The number of hydrogen-bond donors (Lipinski definition) is 1. The summed E-state index contributed by atoms with van der Waals surface area (Å²) in [6.45, 7) is 4.44. The lowest BCUT2D eigenvalue weighted by Crippen LogP contribution is -2.13. The van der Waals surface area contributed by atoms with Gasteiger partial charge in [-0.3, -0.25) is 4.79 Å². The van der Waals surface area contributed by atoms with E-state index in [9.17, 15) is 4.79 Å². The number of furan rings is 1. The highest BCUT2D eigenvalue weighted by molar-refractivity contribution is 6.03. The Hall–Kier alpha value is -3.33. The number of para-hydroxylation sites is 1. The van der Waals surface area contributed by atoms with Crippen molar-refractivity contribution in [2.24, 2.45) is 0 Å². The molecule has 0 bridgehead atoms. The van der Waals surface area contributed by atoms with E-state index in [4.69, 9.17) is 9.68 Å². The highest BCUT2D eigenvalue weighted by Crippen LogP contribution is 2.28. The van der Waals surface area contributed by atoms with Crippen LogP contribution < -0.4 is 5.32 Å². The Morgan fingerprint density at radius 3 is 3.00 bits per heavy atom. The van der Waals surface area contributed by atoms with Crippen LogP contribution in [0.2, 0.25) is 0 Å². The van der Waals surface area contributed by atoms with E-state index < -0.39 is 0 Å². The molecule has 0 saturated carbocycles. The Bertz CT molecular complexity index is 1040. The molecule has 0 aliphatic carbocycles. The van der Waals surface area contributed by atoms with Crippen molar-refractivity contribution in [1.82, 2.24) is 9.78 Å². The minimum atomic E-state index is -0.246. The van der Waals surface area contributed by atoms with Gasteiger partial charge in [0.1, 0.15) is 17.2 Å². The van der Waals surface area contributed by atoms with E-state index in [1.807, 2.05) is 37.3 Å². The number of amides is 1. The first-order valence-electron chi connectivity index (χ1n) is 9.53. The monoisotopic (exact) mass is 376 g/mol. The molecule has 6 heteroatoms. The number of aryl methyl sites for hydroxylation is 3. The lowest BCUT2D eigenvalue weighted by Gasteiger charge is -2.05. The van der Waals surface area contributed by atoms with Crippen LogP contribution >= 0.6 is 0 Å². The van der Waals surface area contributed by atoms with Gasteiger partial charge in [0.2, 0.25) is 5.91 Å². The molecule has 0 unspecified atom stereocenters. The number of anilines is 1. The zero-order chi connectivity index (χ0) is 19.9. The molecule has 0 radical (unpaired) electrons. The van der Waals surface area contributed by atoms with E-state index in [-0.39, 0.29) is 5.91 Å². The van der Waals surface area contributed by atoms with Crippen LogP contribution in [0.3, 0.4) is 0 Å². The normalized spacial score (nSPS) is 11.2. The number of rotatable bonds is 8. The van der Waals surface area contributed by atoms with Crippen molar-refractivity contribution in [3.8, 4) is 6.07 Å². The van der Waals surface area contributed by atoms with Crippen LogP contribution in [0, 0.1) is 18.3 Å². The predicted octanol–water partition coefficient (Wildman–Crippen LogP) is 4.85. The number of aromatic nitrogens is 2. The summed E-state index contributed by atoms with van der Waals surface area (Å²) in [6, 6.07) is 11.7. The summed E-state index contributed by atoms with van der Waals surface area (Å²) in [5, 5.41) is 16.9. The second-order valence-corrected chi connectivity index (χ2v) is 6.66. The summed E-state index contributed by atoms with van der Waals surface area (Å²) in [4.78, 5) is 12.5. The third kappa shape index (κ3) is 4.49. The van der Waals surface area contributed by atoms with Gasteiger partial charge in [0.05, 0.1) is 24.7 Å². The van der Waals surface area contributed by atoms with Gasteiger partial charge in [-0.15, -0.1) is 0 Å². The van der Waals surface area contributed by atoms with Crippen molar-refractivity contribution < 1.29 is 9.21 Å². The fraction of sp³-hybridized carbons (Fsp3) is 0.318. The largest absolute Gasteiger partial charge is 0.460 e. The predicted molar refractivity (Wildman–Crippen MR) is 110 cm³/mol. The van der Waals surface area contributed by atoms with Gasteiger partial charge in [-0.2, -0.15) is 10.4 Å². The maximum atomic E-state index is 12.5. The topological polar surface area (TPSA) is 83.8 Å². The van der Waals surface area contributed by atoms with E-state index in [2.05, 4.69) is 23.4 Å². The average molecular weight is 376 g/mol. The van der Waals surface area contributed by atoms with Crippen LogP contribution in [-0.2, 0) is 17.8 Å². The molecule has 1 amide bonds. The summed E-state index contributed by atoms with van der Waals surface area (Å²) >= 11 is 0. The Morgan fingerprint density at radius 1 is 1.39 bits per heavy atom. The van der Waals surface area contributed by atoms with Gasteiger partial charge < -0.3 is 9.73 Å². The van der Waals surface area contributed by atoms with E-state index in [1.165, 1.54) is 6.08 Å². The summed E-state index contributed by atoms with van der Waals surface area (Å²) in [6.07, 6.45) is 6.61. The molecule has 1 aromatic carbocycles. The minimum absolute atomic E-state index is 0.246. The molecule has 6 nitrogen and oxygen atoms in total. The maximum absolute atomic E-state index is 12.5. The molecule has 2 aromatic heterocycles. The molecular formula is C22H24N4O2. The quantitative estimate of drug-likeness (QED) is 0.570. The molecule has 0 aliphatic heterocycles. The number of nitriles is 1. The van der Waals surface area contributed by atoms with Crippen molar-refractivity contribution in [1.29, 1.82) is 5.26 Å². The molecule has 1 N–H and O–H groups in total. The first-order valence-corrected chi connectivity index (χ1v) is 9.53. The second-order valence-electron chi connectivity index (χ2n) is 6.66. The van der Waals surface area contributed by atoms with Gasteiger partial charge in [0, 0.05) is 29.5 Å². The van der Waals surface area contributed by atoms with E-state index >= 15 is 0 Å². The Labute approximate surface area is 164 Å². The van der Waals surface area contributed by atoms with Crippen molar-refractivity contribution in [3.63, 3.8) is 0 Å². The number of carbonyl (C=O) groups is 1. The molecule has 0 spiro atoms. The summed E-state index contributed by atoms with van der Waals surface area (Å²) < 4.78 is 7.63. The van der Waals surface area contributed by atoms with Gasteiger partial charge in [-0.25, -0.2) is 4.68 Å². The lowest BCUT2D eigenvalue weighted by atomic mass is 10.1. The molecule has 3 rings (SSSR count). The van der Waals surface area contributed by atoms with E-state index in [1.54, 1.807) is 10.7 Å². The van der Waals surface area contributed by atoms with Gasteiger partial charge in [0.15, 0.2) is 0 Å². The Balaban J connectivity index is 1.80. The van der Waals surface area contributed by atoms with Crippen molar-refractivity contribution >= 4 is 28.8 Å². The molecule has 0 fully saturated rings. The summed E-state index contributed by atoms with van der Waals surface area (Å²) in [5.74, 6) is 1.25. The number of carbonyl (C=O) groups excluding carboxylic acids is 1. The van der Waals surface area contributed by atoms with Crippen LogP contribution in [0.4, 0.5) is 5.82 Å². The first-order chi connectivity index (χ1) is 13.6. The number of unbranched alkanes of at least 4 members (excludes halogenated alkanes) is 1. The van der Waals surface area contributed by atoms with Gasteiger partial charge >= 0.3 is 0 Å². The summed E-state index contributed by atoms with van der Waals surface area (Å²) in [7, 11) is 0. The number of nitrogens with one attached hydrogen (secondary N) is 1. The van der Waals surface area contributed by atoms with Gasteiger partial charge in [0.25, 0.3) is 0 Å². The summed E-state index contributed by atoms with van der Waals surface area (Å²) in [5.41, 5.74) is 2.58. The fourth-order valence-electron chi connectivity index (χ4n) is 3.12. The maximum Gasteiger partial charge on any atom is 0.249 e. The highest BCUT2D eigenvalue weighted by atomic mass is 16.3. The van der Waals surface area contributed by atoms with Crippen LogP contribution in [0.25, 0.3) is 17.0 Å². The zero-order valence-corrected chi connectivity index (χ0v) is 16.2. The molecule has 0 aliphatic rings. The Kier molecular flexibility index (Phi) is 6.28. The molecule has 144 valence electrons. The number of nitrogens with zero attached hydrogens (tertiary/aromatic N) is 3. The number of fused-ring (bicyclic) bond motifs is 1. The fourth-order valence-corrected chi connectivity index (χ4v) is 3.12. The molecule has 28 heavy (non-hydrogen) atoms. The van der Waals surface area contributed by atoms with E-state index in [0.29, 0.717) is 18.8 Å². The third-order valence-electron chi connectivity index (χ3n) is 4.46. The lowest BCUT2D eigenvalue weighted by molar-refractivity contribution is -0.111. The van der Waals surface area contributed by atoms with Gasteiger partial charge in [-0.1, -0.05) is 31.5 Å². The van der Waals surface area contributed by atoms with Crippen LogP contribution in [0.15, 0.2) is 40.8 Å². The van der Waals surface area contributed by atoms with E-state index in [0.717, 1.165) is 47.2 Å². The van der Waals surface area contributed by atoms with Crippen LogP contribution in [0.1, 0.15) is 43.2 Å². The molecular weight excluding hydrogens is 352 g/mol. The second kappa shape index (κ2) is 9.05. The minimum Gasteiger partial charge on any atom is -0.460 e. The standard InChI is InChI=1S/C22H24N4O2/c1-3-4-9-19-18(17-8-5-6-10-20(17)28-19)11-12-22(27)24-21-15-16(2)25-26(21)14-7-13-23/h5-6,8,10-12,15H,3-4,7,9,14H2,1-2H3,(H,24,27)/b12-11+. The molecule has 3 aromatic rings. The number of benzene rings is 1. The third-order valence-corrected chi connectivity index (χ3v) is 4.46. The van der Waals surface area contributed by atoms with Crippen molar-refractivity contribution in [3.05, 3.63) is 53.4 Å². The smallest absolute Gasteiger partial charge is 0.249 e. The SMILES string of the molecule is CCCCc1oc2ccccc2c1/C=C/C(=O)Nc1cc(C)nn1CCC#N. The molecule has 2 heterocycles. The van der Waals surface area contributed by atoms with Crippen LogP contribution in [-0.4, -0.2) is 15.7 Å². The van der Waals surface area contributed by atoms with Crippen molar-refractivity contribution in [2.45, 2.75) is 46.1 Å². The average Bonchev–Trinajstić information content (AvgIpc) is 3.22. The first kappa shape index (κ1) is 19.4. The van der Waals surface area contributed by atoms with Crippen molar-refractivity contribution in [2.75, 3.05) is 5.32 Å². The molecule has 0 saturated heterocycles. The molecule has 0 atom stereocenters. The number of hydrogen-bond acceptors (Lipinski definition) is 4. The highest BCUT2D eigenvalue weighted by Gasteiger charge is 2.12.